The zero-order valence-corrected chi connectivity index (χ0v) is 45.1. The summed E-state index contributed by atoms with van der Waals surface area (Å²) < 4.78 is 5.92. The van der Waals surface area contributed by atoms with Crippen molar-refractivity contribution in [1.82, 2.24) is 51.6 Å². The number of likely N-dealkylation sites (tertiary alicyclic amines) is 1. The summed E-state index contributed by atoms with van der Waals surface area (Å²) in [5.74, 6) is -4.34. The molecule has 0 radical (unpaired) electrons. The van der Waals surface area contributed by atoms with E-state index >= 15 is 0 Å². The molecule has 2 aliphatic heterocycles. The van der Waals surface area contributed by atoms with Gasteiger partial charge in [-0.05, 0) is 76.6 Å². The molecule has 9 amide bonds. The fraction of sp³-hybridized carbons (Fsp3) is 0.615. The standard InChI is InChI=1S/C52H79N11O10S/c1-9-33(4)45(60-50(71)39-20-14-16-27-61(39)6)52(72)62(7)40(32(2)3)30-41(73-8)51-59-38(31-74-51)49(70)56-34(5)46(67)58-37(29-35-17-11-10-12-18-35)48(69)57-36(19-13-15-24-53)47(68)55-26-25-54-42(64)23-28-63-43(65)21-22-44(63)66/h10-12,17-18,21-22,31-34,36-37,39-41,45H,9,13-16,19-20,23-30,53H2,1-8H3,(H,54,64)(H,55,68)(H,56,70)(H,57,69)(H,58,67)(H,60,71)/t33-,34-,36-,37-,39+,40+,41+,45-/m0/s1. The number of nitrogens with two attached hydrogens (primary N) is 1. The Morgan fingerprint density at radius 1 is 0.878 bits per heavy atom. The van der Waals surface area contributed by atoms with E-state index in [0.717, 1.165) is 48.4 Å². The molecule has 4 rings (SSSR count). The first-order valence-electron chi connectivity index (χ1n) is 25.8. The van der Waals surface area contributed by atoms with Crippen molar-refractivity contribution in [3.8, 4) is 0 Å². The normalized spacial score (nSPS) is 17.6. The SMILES string of the molecule is CC[C@H](C)[C@H](NC(=O)[C@H]1CCCCN1C)C(=O)N(C)[C@H](C[C@@H](OC)c1nc(C(=O)N[C@@H](C)C(=O)N[C@@H](Cc2ccccc2)C(=O)N[C@@H](CCCCN)C(=O)NCCNC(=O)CCN2C(=O)C=CC2=O)cs1)C(C)C. The van der Waals surface area contributed by atoms with Gasteiger partial charge in [0.2, 0.25) is 35.4 Å². The monoisotopic (exact) mass is 1050 g/mol. The largest absolute Gasteiger partial charge is 0.374 e. The Kier molecular flexibility index (Phi) is 24.8. The van der Waals surface area contributed by atoms with E-state index < -0.39 is 71.6 Å². The van der Waals surface area contributed by atoms with Gasteiger partial charge in [0, 0.05) is 76.6 Å². The number of ether oxygens (including phenoxy) is 1. The maximum absolute atomic E-state index is 14.3. The molecule has 2 aromatic rings. The number of imide groups is 1. The third kappa shape index (κ3) is 18.1. The highest BCUT2D eigenvalue weighted by molar-refractivity contribution is 7.09. The highest BCUT2D eigenvalue weighted by atomic mass is 32.1. The first-order chi connectivity index (χ1) is 35.3. The number of likely N-dealkylation sites (N-methyl/N-ethyl adjacent to an activating group) is 2. The van der Waals surface area contributed by atoms with Crippen LogP contribution in [0.5, 0.6) is 0 Å². The average molecular weight is 1050 g/mol. The molecule has 21 nitrogen and oxygen atoms in total. The number of thiazole rings is 1. The van der Waals surface area contributed by atoms with Gasteiger partial charge in [0.05, 0.1) is 6.04 Å². The molecule has 22 heteroatoms. The minimum absolute atomic E-state index is 0.0145. The summed E-state index contributed by atoms with van der Waals surface area (Å²) in [6.45, 7) is 10.6. The molecule has 1 fully saturated rings. The van der Waals surface area contributed by atoms with Crippen LogP contribution in [0.25, 0.3) is 0 Å². The molecular weight excluding hydrogens is 971 g/mol. The summed E-state index contributed by atoms with van der Waals surface area (Å²) >= 11 is 1.21. The van der Waals surface area contributed by atoms with Gasteiger partial charge in [0.15, 0.2) is 0 Å². The third-order valence-corrected chi connectivity index (χ3v) is 14.6. The van der Waals surface area contributed by atoms with Crippen LogP contribution in [-0.2, 0) is 49.5 Å². The molecule has 0 spiro atoms. The second-order valence-electron chi connectivity index (χ2n) is 19.5. The van der Waals surface area contributed by atoms with Crippen molar-refractivity contribution in [1.29, 1.82) is 0 Å². The summed E-state index contributed by atoms with van der Waals surface area (Å²) in [4.78, 5) is 128. The molecule has 0 unspecified atom stereocenters. The van der Waals surface area contributed by atoms with Crippen LogP contribution < -0.4 is 37.6 Å². The van der Waals surface area contributed by atoms with Gasteiger partial charge in [-0.2, -0.15) is 0 Å². The van der Waals surface area contributed by atoms with E-state index in [2.05, 4.69) is 36.9 Å². The molecule has 2 aliphatic rings. The summed E-state index contributed by atoms with van der Waals surface area (Å²) in [5.41, 5.74) is 6.49. The fourth-order valence-electron chi connectivity index (χ4n) is 8.85. The molecule has 0 bridgehead atoms. The number of amides is 9. The lowest BCUT2D eigenvalue weighted by Gasteiger charge is -2.38. The molecule has 1 aromatic heterocycles. The molecular formula is C52H79N11O10S. The Morgan fingerprint density at radius 2 is 1.55 bits per heavy atom. The van der Waals surface area contributed by atoms with E-state index in [1.807, 2.05) is 45.7 Å². The number of hydrogen-bond acceptors (Lipinski definition) is 14. The molecule has 408 valence electrons. The Hall–Kier alpha value is -6.10. The highest BCUT2D eigenvalue weighted by Crippen LogP contribution is 2.30. The second-order valence-corrected chi connectivity index (χ2v) is 20.4. The smallest absolute Gasteiger partial charge is 0.271 e. The molecule has 8 N–H and O–H groups in total. The zero-order chi connectivity index (χ0) is 54.5. The van der Waals surface area contributed by atoms with Crippen LogP contribution in [0.2, 0.25) is 0 Å². The second kappa shape index (κ2) is 30.3. The summed E-state index contributed by atoms with van der Waals surface area (Å²) in [5, 5.41) is 18.7. The van der Waals surface area contributed by atoms with Crippen molar-refractivity contribution < 1.29 is 47.9 Å². The topological polar surface area (TPSA) is 284 Å². The molecule has 1 saturated heterocycles. The van der Waals surface area contributed by atoms with Gasteiger partial charge in [-0.25, -0.2) is 4.98 Å². The van der Waals surface area contributed by atoms with E-state index in [0.29, 0.717) is 37.2 Å². The molecule has 8 atom stereocenters. The minimum Gasteiger partial charge on any atom is -0.374 e. The van der Waals surface area contributed by atoms with Crippen molar-refractivity contribution in [2.24, 2.45) is 17.6 Å². The van der Waals surface area contributed by atoms with Crippen LogP contribution in [0.4, 0.5) is 0 Å². The van der Waals surface area contributed by atoms with Gasteiger partial charge in [0.1, 0.15) is 41.0 Å². The molecule has 1 aromatic carbocycles. The number of carbonyl (C=O) groups is 9. The van der Waals surface area contributed by atoms with Gasteiger partial charge in [-0.3, -0.25) is 53.0 Å². The van der Waals surface area contributed by atoms with E-state index in [-0.39, 0.29) is 80.3 Å². The maximum Gasteiger partial charge on any atom is 0.271 e. The highest BCUT2D eigenvalue weighted by Gasteiger charge is 2.37. The molecule has 3 heterocycles. The Bertz CT molecular complexity index is 2240. The van der Waals surface area contributed by atoms with E-state index in [9.17, 15) is 43.2 Å². The van der Waals surface area contributed by atoms with Gasteiger partial charge in [-0.1, -0.05) is 70.9 Å². The summed E-state index contributed by atoms with van der Waals surface area (Å²) in [6.07, 6.45) is 6.69. The zero-order valence-electron chi connectivity index (χ0n) is 44.3. The number of nitrogens with one attached hydrogen (secondary N) is 6. The molecule has 0 saturated carbocycles. The maximum atomic E-state index is 14.3. The van der Waals surface area contributed by atoms with Crippen LogP contribution >= 0.6 is 11.3 Å². The fourth-order valence-corrected chi connectivity index (χ4v) is 9.73. The Morgan fingerprint density at radius 3 is 2.19 bits per heavy atom. The van der Waals surface area contributed by atoms with Gasteiger partial charge >= 0.3 is 0 Å². The predicted octanol–water partition coefficient (Wildman–Crippen LogP) is 1.73. The van der Waals surface area contributed by atoms with Crippen LogP contribution in [0.3, 0.4) is 0 Å². The number of piperidine rings is 1. The van der Waals surface area contributed by atoms with Crippen LogP contribution in [0.1, 0.15) is 120 Å². The first-order valence-corrected chi connectivity index (χ1v) is 26.7. The van der Waals surface area contributed by atoms with Crippen LogP contribution in [-0.4, -0.2) is 163 Å². The quantitative estimate of drug-likeness (QED) is 0.0434. The molecule has 74 heavy (non-hydrogen) atoms. The number of carbonyl (C=O) groups excluding carboxylic acids is 9. The van der Waals surface area contributed by atoms with Crippen molar-refractivity contribution in [3.05, 3.63) is 64.1 Å². The minimum atomic E-state index is -1.17. The van der Waals surface area contributed by atoms with Crippen molar-refractivity contribution in [2.45, 2.75) is 141 Å². The number of rotatable bonds is 30. The number of nitrogens with zero attached hydrogens (tertiary/aromatic N) is 4. The Balaban J connectivity index is 1.38. The van der Waals surface area contributed by atoms with E-state index in [4.69, 9.17) is 10.5 Å². The van der Waals surface area contributed by atoms with Gasteiger partial charge < -0.3 is 47.3 Å². The number of benzene rings is 1. The summed E-state index contributed by atoms with van der Waals surface area (Å²) in [6, 6.07) is 4.33. The average Bonchev–Trinajstić information content (AvgIpc) is 4.01. The van der Waals surface area contributed by atoms with Crippen LogP contribution in [0.15, 0.2) is 47.9 Å². The van der Waals surface area contributed by atoms with Crippen molar-refractivity contribution in [3.63, 3.8) is 0 Å². The van der Waals surface area contributed by atoms with E-state index in [1.165, 1.54) is 25.4 Å². The lowest BCUT2D eigenvalue weighted by atomic mass is 9.92. The van der Waals surface area contributed by atoms with Crippen LogP contribution in [0, 0.1) is 11.8 Å². The number of hydrogen-bond donors (Lipinski definition) is 7. The molecule has 0 aliphatic carbocycles. The number of aromatic nitrogens is 1. The first kappa shape index (κ1) is 60.5. The lowest BCUT2D eigenvalue weighted by Crippen LogP contribution is -2.58. The Labute approximate surface area is 439 Å². The van der Waals surface area contributed by atoms with E-state index in [1.54, 1.807) is 41.6 Å². The number of methoxy groups -OCH3 is 1. The predicted molar refractivity (Wildman–Crippen MR) is 280 cm³/mol. The van der Waals surface area contributed by atoms with Gasteiger partial charge in [0.25, 0.3) is 17.7 Å². The number of unbranched alkanes of at least 4 members (excludes halogenated alkanes) is 1. The van der Waals surface area contributed by atoms with Crippen molar-refractivity contribution in [2.75, 3.05) is 53.9 Å². The van der Waals surface area contributed by atoms with Crippen molar-refractivity contribution >= 4 is 64.5 Å². The lowest BCUT2D eigenvalue weighted by molar-refractivity contribution is -0.141. The third-order valence-electron chi connectivity index (χ3n) is 13.7. The summed E-state index contributed by atoms with van der Waals surface area (Å²) in [7, 11) is 5.22. The van der Waals surface area contributed by atoms with Gasteiger partial charge in [-0.15, -0.1) is 11.3 Å².